The van der Waals surface area contributed by atoms with Gasteiger partial charge in [0.2, 0.25) is 15.8 Å². The molecule has 0 unspecified atom stereocenters. The maximum atomic E-state index is 12.0. The van der Waals surface area contributed by atoms with E-state index in [0.717, 1.165) is 10.6 Å². The second-order valence-electron chi connectivity index (χ2n) is 4.80. The van der Waals surface area contributed by atoms with Crippen LogP contribution in [0, 0.1) is 0 Å². The zero-order chi connectivity index (χ0) is 16.0. The van der Waals surface area contributed by atoms with Crippen molar-refractivity contribution in [1.29, 1.82) is 0 Å². The maximum absolute atomic E-state index is 12.0. The lowest BCUT2D eigenvalue weighted by Gasteiger charge is -2.24. The Morgan fingerprint density at radius 2 is 1.86 bits per heavy atom. The summed E-state index contributed by atoms with van der Waals surface area (Å²) in [6.45, 7) is 1.06. The molecule has 0 aliphatic carbocycles. The molecule has 116 valence electrons. The van der Waals surface area contributed by atoms with Gasteiger partial charge in [0.05, 0.1) is 11.9 Å². The van der Waals surface area contributed by atoms with E-state index in [1.165, 1.54) is 12.1 Å². The van der Waals surface area contributed by atoms with Crippen molar-refractivity contribution in [3.05, 3.63) is 30.1 Å². The van der Waals surface area contributed by atoms with Crippen LogP contribution in [-0.2, 0) is 14.8 Å². The van der Waals surface area contributed by atoms with E-state index in [9.17, 15) is 13.2 Å². The zero-order valence-corrected chi connectivity index (χ0v) is 13.1. The first-order chi connectivity index (χ1) is 9.75. The van der Waals surface area contributed by atoms with Crippen LogP contribution >= 0.6 is 0 Å². The van der Waals surface area contributed by atoms with E-state index in [1.54, 1.807) is 18.1 Å². The van der Waals surface area contributed by atoms with E-state index in [0.29, 0.717) is 24.5 Å². The molecule has 0 fully saturated rings. The fraction of sp³-hybridized carbons (Fsp3) is 0.385. The Morgan fingerprint density at radius 3 is 2.29 bits per heavy atom. The molecule has 0 aliphatic heterocycles. The number of sulfonamides is 1. The standard InChI is InChI=1S/C13H20N4O3S/c1-16(2)9-8-15-13(10-18)17(21(3,19)20)12-6-4-11(14)5-7-12/h4-7,15H,8-9,14H2,1-3H3. The number of hydrogen-bond acceptors (Lipinski definition) is 6. The minimum Gasteiger partial charge on any atom is -0.399 e. The summed E-state index contributed by atoms with van der Waals surface area (Å²) in [5.41, 5.74) is 6.41. The summed E-state index contributed by atoms with van der Waals surface area (Å²) in [5.74, 6) is 1.50. The van der Waals surface area contributed by atoms with Gasteiger partial charge in [0.1, 0.15) is 0 Å². The molecule has 0 saturated heterocycles. The molecule has 3 N–H and O–H groups in total. The first-order valence-electron chi connectivity index (χ1n) is 6.25. The molecule has 0 saturated carbocycles. The van der Waals surface area contributed by atoms with Gasteiger partial charge in [-0.05, 0) is 38.4 Å². The average molecular weight is 312 g/mol. The quantitative estimate of drug-likeness (QED) is 0.537. The van der Waals surface area contributed by atoms with Crippen molar-refractivity contribution in [3.8, 4) is 0 Å². The van der Waals surface area contributed by atoms with E-state index < -0.39 is 10.0 Å². The van der Waals surface area contributed by atoms with E-state index in [2.05, 4.69) is 5.32 Å². The van der Waals surface area contributed by atoms with E-state index in [4.69, 9.17) is 5.73 Å². The molecule has 0 aliphatic rings. The molecular formula is C13H20N4O3S. The molecule has 0 aromatic heterocycles. The molecule has 1 aromatic carbocycles. The number of likely N-dealkylation sites (N-methyl/N-ethyl adjacent to an activating group) is 1. The summed E-state index contributed by atoms with van der Waals surface area (Å²) >= 11 is 0. The van der Waals surface area contributed by atoms with Gasteiger partial charge in [0, 0.05) is 18.8 Å². The highest BCUT2D eigenvalue weighted by Gasteiger charge is 2.23. The van der Waals surface area contributed by atoms with Crippen LogP contribution in [0.2, 0.25) is 0 Å². The molecule has 0 heterocycles. The molecule has 0 radical (unpaired) electrons. The minimum absolute atomic E-state index is 0.149. The van der Waals surface area contributed by atoms with Crippen molar-refractivity contribution in [1.82, 2.24) is 10.2 Å². The number of nitrogens with one attached hydrogen (secondary N) is 1. The van der Waals surface area contributed by atoms with Crippen molar-refractivity contribution in [2.45, 2.75) is 0 Å². The third-order valence-corrected chi connectivity index (χ3v) is 3.67. The van der Waals surface area contributed by atoms with Crippen molar-refractivity contribution >= 4 is 27.3 Å². The zero-order valence-electron chi connectivity index (χ0n) is 12.3. The molecule has 21 heavy (non-hydrogen) atoms. The normalized spacial score (nSPS) is 11.0. The lowest BCUT2D eigenvalue weighted by atomic mass is 10.3. The fourth-order valence-corrected chi connectivity index (χ4v) is 2.58. The van der Waals surface area contributed by atoms with Gasteiger partial charge >= 0.3 is 0 Å². The maximum Gasteiger partial charge on any atom is 0.238 e. The van der Waals surface area contributed by atoms with Crippen LogP contribution < -0.4 is 15.4 Å². The predicted octanol–water partition coefficient (Wildman–Crippen LogP) is -0.141. The van der Waals surface area contributed by atoms with Crippen LogP contribution in [-0.4, -0.2) is 52.7 Å². The van der Waals surface area contributed by atoms with Crippen molar-refractivity contribution < 1.29 is 13.2 Å². The summed E-state index contributed by atoms with van der Waals surface area (Å²) < 4.78 is 24.8. The summed E-state index contributed by atoms with van der Waals surface area (Å²) in [4.78, 5) is 13.0. The van der Waals surface area contributed by atoms with Gasteiger partial charge in [-0.15, -0.1) is 0 Å². The SMILES string of the molecule is CN(C)CCNC(=C=O)N(c1ccc(N)cc1)S(C)(=O)=O. The van der Waals surface area contributed by atoms with Gasteiger partial charge < -0.3 is 16.0 Å². The summed E-state index contributed by atoms with van der Waals surface area (Å²) in [7, 11) is 0.0746. The van der Waals surface area contributed by atoms with Gasteiger partial charge in [-0.1, -0.05) is 0 Å². The van der Waals surface area contributed by atoms with Gasteiger partial charge in [-0.3, -0.25) is 0 Å². The lowest BCUT2D eigenvalue weighted by Crippen LogP contribution is -2.39. The van der Waals surface area contributed by atoms with E-state index in [1.807, 2.05) is 19.0 Å². The number of nitrogen functional groups attached to an aromatic ring is 1. The summed E-state index contributed by atoms with van der Waals surface area (Å²) in [5, 5.41) is 2.79. The Bertz CT molecular complexity index is 619. The van der Waals surface area contributed by atoms with Crippen LogP contribution in [0.15, 0.2) is 30.1 Å². The number of benzene rings is 1. The van der Waals surface area contributed by atoms with Crippen LogP contribution in [0.1, 0.15) is 0 Å². The van der Waals surface area contributed by atoms with Gasteiger partial charge in [0.25, 0.3) is 0 Å². The minimum atomic E-state index is -3.68. The third-order valence-electron chi connectivity index (χ3n) is 2.61. The molecule has 1 rings (SSSR count). The molecule has 0 amide bonds. The molecule has 1 aromatic rings. The lowest BCUT2D eigenvalue weighted by molar-refractivity contribution is 0.407. The smallest absolute Gasteiger partial charge is 0.238 e. The molecule has 8 heteroatoms. The molecule has 0 bridgehead atoms. The van der Waals surface area contributed by atoms with Crippen LogP contribution in [0.5, 0.6) is 0 Å². The molecule has 0 spiro atoms. The van der Waals surface area contributed by atoms with Crippen LogP contribution in [0.25, 0.3) is 0 Å². The van der Waals surface area contributed by atoms with E-state index in [-0.39, 0.29) is 5.82 Å². The molecule has 0 atom stereocenters. The van der Waals surface area contributed by atoms with Crippen molar-refractivity contribution in [3.63, 3.8) is 0 Å². The topological polar surface area (TPSA) is 95.7 Å². The fourth-order valence-electron chi connectivity index (χ4n) is 1.64. The molecule has 7 nitrogen and oxygen atoms in total. The number of anilines is 2. The highest BCUT2D eigenvalue weighted by molar-refractivity contribution is 7.92. The Morgan fingerprint density at radius 1 is 1.29 bits per heavy atom. The van der Waals surface area contributed by atoms with Crippen LogP contribution in [0.3, 0.4) is 0 Å². The predicted molar refractivity (Wildman–Crippen MR) is 83.9 cm³/mol. The first kappa shape index (κ1) is 17.0. The summed E-state index contributed by atoms with van der Waals surface area (Å²) in [6, 6.07) is 6.19. The van der Waals surface area contributed by atoms with Gasteiger partial charge in [0.15, 0.2) is 5.94 Å². The second kappa shape index (κ2) is 7.12. The third kappa shape index (κ3) is 5.11. The monoisotopic (exact) mass is 312 g/mol. The highest BCUT2D eigenvalue weighted by atomic mass is 32.2. The largest absolute Gasteiger partial charge is 0.399 e. The average Bonchev–Trinajstić information content (AvgIpc) is 2.37. The van der Waals surface area contributed by atoms with Crippen LogP contribution in [0.4, 0.5) is 11.4 Å². The number of carbonyl (C=O) groups excluding carboxylic acids is 1. The number of nitrogens with two attached hydrogens (primary N) is 1. The summed E-state index contributed by atoms with van der Waals surface area (Å²) in [6.07, 6.45) is 1.02. The Hall–Kier alpha value is -2.02. The first-order valence-corrected chi connectivity index (χ1v) is 8.10. The Balaban J connectivity index is 3.07. The van der Waals surface area contributed by atoms with Gasteiger partial charge in [-0.25, -0.2) is 17.5 Å². The number of nitrogens with zero attached hydrogens (tertiary/aromatic N) is 2. The highest BCUT2D eigenvalue weighted by Crippen LogP contribution is 2.21. The van der Waals surface area contributed by atoms with Gasteiger partial charge in [-0.2, -0.15) is 0 Å². The number of hydrogen-bond donors (Lipinski definition) is 2. The number of rotatable bonds is 7. The Kier molecular flexibility index (Phi) is 5.78. The van der Waals surface area contributed by atoms with Crippen molar-refractivity contribution in [2.75, 3.05) is 43.5 Å². The van der Waals surface area contributed by atoms with Crippen molar-refractivity contribution in [2.24, 2.45) is 0 Å². The second-order valence-corrected chi connectivity index (χ2v) is 6.63. The Labute approximate surface area is 125 Å². The molecular weight excluding hydrogens is 292 g/mol. The van der Waals surface area contributed by atoms with E-state index >= 15 is 0 Å².